The Kier molecular flexibility index (Phi) is 10.2. The first-order valence-electron chi connectivity index (χ1n) is 21.9. The van der Waals surface area contributed by atoms with Crippen LogP contribution in [0.15, 0.2) is 206 Å². The molecular formula is C60H34N8. The summed E-state index contributed by atoms with van der Waals surface area (Å²) >= 11 is 0. The minimum absolute atomic E-state index is 0.196. The summed E-state index contributed by atoms with van der Waals surface area (Å²) in [5.74, 6) is 0. The number of anilines is 6. The normalized spacial score (nSPS) is 10.9. The highest BCUT2D eigenvalue weighted by molar-refractivity contribution is 6.25. The summed E-state index contributed by atoms with van der Waals surface area (Å²) in [6.45, 7) is 0. The third kappa shape index (κ3) is 7.02. The van der Waals surface area contributed by atoms with E-state index in [0.29, 0.717) is 43.6 Å². The minimum Gasteiger partial charge on any atom is -0.311 e. The monoisotopic (exact) mass is 866 g/mol. The van der Waals surface area contributed by atoms with Gasteiger partial charge in [0, 0.05) is 56.0 Å². The summed E-state index contributed by atoms with van der Waals surface area (Å²) < 4.78 is 0. The summed E-state index contributed by atoms with van der Waals surface area (Å²) in [5.41, 5.74) is 12.6. The highest BCUT2D eigenvalue weighted by Crippen LogP contribution is 2.43. The Hall–Kier alpha value is -10.1. The first-order valence-corrected chi connectivity index (χ1v) is 21.9. The van der Waals surface area contributed by atoms with Gasteiger partial charge in [0.15, 0.2) is 0 Å². The van der Waals surface area contributed by atoms with E-state index in [1.807, 2.05) is 72.8 Å². The topological polar surface area (TPSA) is 127 Å². The molecule has 0 spiro atoms. The van der Waals surface area contributed by atoms with Gasteiger partial charge in [0.2, 0.25) is 0 Å². The zero-order valence-corrected chi connectivity index (χ0v) is 36.2. The van der Waals surface area contributed by atoms with Crippen molar-refractivity contribution in [2.45, 2.75) is 0 Å². The average molecular weight is 867 g/mol. The number of para-hydroxylation sites is 4. The van der Waals surface area contributed by atoms with Crippen LogP contribution in [0.25, 0.3) is 65.9 Å². The van der Waals surface area contributed by atoms with Gasteiger partial charge in [0.1, 0.15) is 24.3 Å². The molecule has 8 nitrogen and oxygen atoms in total. The zero-order valence-electron chi connectivity index (χ0n) is 36.2. The van der Waals surface area contributed by atoms with Gasteiger partial charge in [-0.25, -0.2) is 9.97 Å². The van der Waals surface area contributed by atoms with Crippen LogP contribution in [0.1, 0.15) is 22.3 Å². The largest absolute Gasteiger partial charge is 0.311 e. The van der Waals surface area contributed by atoms with Crippen molar-refractivity contribution in [2.75, 3.05) is 9.80 Å². The number of aromatic nitrogens is 2. The molecule has 68 heavy (non-hydrogen) atoms. The molecule has 1 heterocycles. The molecule has 0 aliphatic carbocycles. The van der Waals surface area contributed by atoms with Crippen LogP contribution in [0, 0.1) is 45.3 Å². The van der Waals surface area contributed by atoms with E-state index in [1.165, 1.54) is 0 Å². The van der Waals surface area contributed by atoms with Crippen molar-refractivity contribution in [1.29, 1.82) is 21.0 Å². The van der Waals surface area contributed by atoms with Crippen molar-refractivity contribution in [1.82, 2.24) is 9.97 Å². The number of fused-ring (bicyclic) bond motifs is 7. The fraction of sp³-hybridized carbons (Fsp3) is 0. The molecule has 0 N–H and O–H groups in total. The van der Waals surface area contributed by atoms with Crippen LogP contribution < -0.4 is 9.80 Å². The number of nitriles is 4. The Balaban J connectivity index is 1.16. The second kappa shape index (κ2) is 17.1. The molecule has 0 unspecified atom stereocenters. The molecular weight excluding hydrogens is 833 g/mol. The minimum atomic E-state index is 0.196. The Morgan fingerprint density at radius 3 is 0.824 bits per heavy atom. The molecule has 0 saturated carbocycles. The lowest BCUT2D eigenvalue weighted by Gasteiger charge is -2.25. The maximum Gasteiger partial charge on any atom is 0.101 e. The van der Waals surface area contributed by atoms with Crippen LogP contribution in [0.2, 0.25) is 0 Å². The summed E-state index contributed by atoms with van der Waals surface area (Å²) in [5, 5.41) is 43.2. The van der Waals surface area contributed by atoms with Gasteiger partial charge in [0.05, 0.1) is 44.3 Å². The predicted octanol–water partition coefficient (Wildman–Crippen LogP) is 14.8. The van der Waals surface area contributed by atoms with Gasteiger partial charge in [-0.3, -0.25) is 0 Å². The third-order valence-corrected chi connectivity index (χ3v) is 12.4. The first-order chi connectivity index (χ1) is 33.5. The zero-order chi connectivity index (χ0) is 46.1. The van der Waals surface area contributed by atoms with E-state index in [2.05, 4.69) is 143 Å². The maximum atomic E-state index is 10.2. The summed E-state index contributed by atoms with van der Waals surface area (Å²) in [6.07, 6.45) is 0. The molecule has 0 saturated heterocycles. The van der Waals surface area contributed by atoms with Crippen molar-refractivity contribution in [3.8, 4) is 46.5 Å². The molecule has 314 valence electrons. The van der Waals surface area contributed by atoms with E-state index in [4.69, 9.17) is 9.97 Å². The van der Waals surface area contributed by atoms with Crippen molar-refractivity contribution < 1.29 is 0 Å². The van der Waals surface area contributed by atoms with Gasteiger partial charge in [-0.05, 0) is 119 Å². The van der Waals surface area contributed by atoms with Crippen LogP contribution in [0.3, 0.4) is 0 Å². The van der Waals surface area contributed by atoms with E-state index < -0.39 is 0 Å². The fourth-order valence-corrected chi connectivity index (χ4v) is 9.17. The predicted molar refractivity (Wildman–Crippen MR) is 271 cm³/mol. The molecule has 10 aromatic carbocycles. The number of hydrogen-bond acceptors (Lipinski definition) is 8. The van der Waals surface area contributed by atoms with E-state index >= 15 is 0 Å². The van der Waals surface area contributed by atoms with E-state index in [-0.39, 0.29) is 22.3 Å². The van der Waals surface area contributed by atoms with Gasteiger partial charge < -0.3 is 9.80 Å². The van der Waals surface area contributed by atoms with E-state index in [0.717, 1.165) is 56.4 Å². The average Bonchev–Trinajstić information content (AvgIpc) is 3.41. The highest BCUT2D eigenvalue weighted by atomic mass is 15.1. The molecule has 0 radical (unpaired) electrons. The van der Waals surface area contributed by atoms with Crippen molar-refractivity contribution in [3.63, 3.8) is 0 Å². The molecule has 0 aliphatic heterocycles. The second-order valence-corrected chi connectivity index (χ2v) is 16.2. The standard InChI is InChI=1S/C60H34N8/c61-35-41-31-53-54-32-42(36-62)44(38-64)34-56(54)60-59(55(53)33-43(41)37-63)65-57-51(39-21-25-49(26-22-39)67(45-13-5-1-6-14-45)46-15-7-2-8-16-46)29-30-52(58(57)66-60)40-23-27-50(28-24-40)68(47-17-9-3-10-18-47)48-19-11-4-12-20-48/h1-34H. The van der Waals surface area contributed by atoms with Crippen LogP contribution in [0.4, 0.5) is 34.1 Å². The van der Waals surface area contributed by atoms with Crippen molar-refractivity contribution in [3.05, 3.63) is 229 Å². The number of rotatable bonds is 8. The fourth-order valence-electron chi connectivity index (χ4n) is 9.17. The van der Waals surface area contributed by atoms with Gasteiger partial charge >= 0.3 is 0 Å². The Morgan fingerprint density at radius 2 is 0.544 bits per heavy atom. The summed E-state index contributed by atoms with van der Waals surface area (Å²) in [4.78, 5) is 15.4. The van der Waals surface area contributed by atoms with Gasteiger partial charge in [-0.1, -0.05) is 109 Å². The molecule has 0 atom stereocenters. The summed E-state index contributed by atoms with van der Waals surface area (Å²) in [7, 11) is 0. The number of benzene rings is 10. The first kappa shape index (κ1) is 40.6. The maximum absolute atomic E-state index is 10.2. The van der Waals surface area contributed by atoms with Crippen LogP contribution in [-0.4, -0.2) is 9.97 Å². The molecule has 8 heteroatoms. The Labute approximate surface area is 391 Å². The molecule has 0 amide bonds. The van der Waals surface area contributed by atoms with Crippen molar-refractivity contribution in [2.24, 2.45) is 0 Å². The highest BCUT2D eigenvalue weighted by Gasteiger charge is 2.22. The molecule has 11 aromatic rings. The lowest BCUT2D eigenvalue weighted by atomic mass is 9.92. The van der Waals surface area contributed by atoms with Crippen LogP contribution in [0.5, 0.6) is 0 Å². The van der Waals surface area contributed by atoms with Crippen LogP contribution >= 0.6 is 0 Å². The van der Waals surface area contributed by atoms with E-state index in [9.17, 15) is 21.0 Å². The molecule has 0 fully saturated rings. The van der Waals surface area contributed by atoms with E-state index in [1.54, 1.807) is 24.3 Å². The number of nitrogens with zero attached hydrogens (tertiary/aromatic N) is 8. The van der Waals surface area contributed by atoms with Gasteiger partial charge in [0.25, 0.3) is 0 Å². The molecule has 1 aromatic heterocycles. The Bertz CT molecular complexity index is 3590. The van der Waals surface area contributed by atoms with Gasteiger partial charge in [-0.15, -0.1) is 0 Å². The molecule has 0 bridgehead atoms. The second-order valence-electron chi connectivity index (χ2n) is 16.2. The van der Waals surface area contributed by atoms with Gasteiger partial charge in [-0.2, -0.15) is 21.0 Å². The smallest absolute Gasteiger partial charge is 0.101 e. The molecule has 11 rings (SSSR count). The van der Waals surface area contributed by atoms with Crippen LogP contribution in [-0.2, 0) is 0 Å². The molecule has 0 aliphatic rings. The lowest BCUT2D eigenvalue weighted by molar-refractivity contribution is 1.28. The quantitative estimate of drug-likeness (QED) is 0.109. The number of hydrogen-bond donors (Lipinski definition) is 0. The lowest BCUT2D eigenvalue weighted by Crippen LogP contribution is -2.09. The van der Waals surface area contributed by atoms with Crippen molar-refractivity contribution >= 4 is 77.7 Å². The SMILES string of the molecule is N#Cc1cc2c3cc(C#N)c(C#N)cc3c3nc4c(-c5ccc(N(c6ccccc6)c6ccccc6)cc5)ccc(-c5ccc(N(c6ccccc6)c6ccccc6)cc5)c4nc3c2cc1C#N. The summed E-state index contributed by atoms with van der Waals surface area (Å²) in [6, 6.07) is 77.4. The third-order valence-electron chi connectivity index (χ3n) is 12.4. The Morgan fingerprint density at radius 1 is 0.279 bits per heavy atom.